The number of para-hydroxylation sites is 1. The third kappa shape index (κ3) is 4.29. The number of ether oxygens (including phenoxy) is 2. The number of rotatable bonds is 5. The van der Waals surface area contributed by atoms with Crippen molar-refractivity contribution in [3.05, 3.63) is 75.8 Å². The molecule has 140 valence electrons. The van der Waals surface area contributed by atoms with Gasteiger partial charge in [-0.25, -0.2) is 4.79 Å². The fourth-order valence-corrected chi connectivity index (χ4v) is 2.81. The second kappa shape index (κ2) is 8.41. The maximum Gasteiger partial charge on any atom is 0.346 e. The van der Waals surface area contributed by atoms with Crippen molar-refractivity contribution in [2.45, 2.75) is 6.10 Å². The molecule has 1 heterocycles. The number of hydrogen-bond acceptors (Lipinski definition) is 6. The van der Waals surface area contributed by atoms with Crippen LogP contribution in [0.1, 0.15) is 22.0 Å². The van der Waals surface area contributed by atoms with Crippen LogP contribution in [0.3, 0.4) is 0 Å². The molecule has 0 aliphatic carbocycles. The highest BCUT2D eigenvalue weighted by atomic mass is 16.6. The molecular weight excluding hydrogens is 352 g/mol. The zero-order valence-corrected chi connectivity index (χ0v) is 14.4. The average molecular weight is 370 g/mol. The molecular formula is C19H18N2O6. The van der Waals surface area contributed by atoms with Crippen molar-refractivity contribution in [1.82, 2.24) is 4.90 Å². The van der Waals surface area contributed by atoms with Gasteiger partial charge in [-0.15, -0.1) is 0 Å². The molecule has 3 rings (SSSR count). The highest BCUT2D eigenvalue weighted by Crippen LogP contribution is 2.25. The molecule has 1 atom stereocenters. The van der Waals surface area contributed by atoms with Crippen molar-refractivity contribution in [2.24, 2.45) is 0 Å². The van der Waals surface area contributed by atoms with Crippen LogP contribution in [0.2, 0.25) is 0 Å². The largest absolute Gasteiger partial charge is 0.443 e. The summed E-state index contributed by atoms with van der Waals surface area (Å²) in [5, 5.41) is 11.2. The van der Waals surface area contributed by atoms with Crippen LogP contribution in [0.4, 0.5) is 5.69 Å². The van der Waals surface area contributed by atoms with Gasteiger partial charge in [0.15, 0.2) is 0 Å². The third-order valence-corrected chi connectivity index (χ3v) is 4.19. The molecule has 0 bridgehead atoms. The van der Waals surface area contributed by atoms with Gasteiger partial charge in [0.2, 0.25) is 6.10 Å². The fourth-order valence-electron chi connectivity index (χ4n) is 2.81. The highest BCUT2D eigenvalue weighted by Gasteiger charge is 2.32. The minimum atomic E-state index is -1.18. The summed E-state index contributed by atoms with van der Waals surface area (Å²) in [7, 11) is 0. The number of nitro benzene ring substituents is 1. The fraction of sp³-hybridized carbons (Fsp3) is 0.263. The second-order valence-electron chi connectivity index (χ2n) is 5.91. The average Bonchev–Trinajstić information content (AvgIpc) is 2.72. The molecule has 8 heteroatoms. The maximum atomic E-state index is 12.9. The molecule has 1 saturated heterocycles. The zero-order chi connectivity index (χ0) is 19.2. The van der Waals surface area contributed by atoms with E-state index < -0.39 is 17.0 Å². The highest BCUT2D eigenvalue weighted by molar-refractivity contribution is 5.96. The molecule has 0 N–H and O–H groups in total. The Morgan fingerprint density at radius 3 is 2.33 bits per heavy atom. The third-order valence-electron chi connectivity index (χ3n) is 4.19. The molecule has 8 nitrogen and oxygen atoms in total. The Hall–Kier alpha value is -3.26. The molecule has 1 aliphatic rings. The molecule has 0 aromatic heterocycles. The number of amides is 1. The van der Waals surface area contributed by atoms with Crippen LogP contribution >= 0.6 is 0 Å². The van der Waals surface area contributed by atoms with E-state index in [2.05, 4.69) is 0 Å². The van der Waals surface area contributed by atoms with E-state index in [1.165, 1.54) is 24.3 Å². The summed E-state index contributed by atoms with van der Waals surface area (Å²) in [6, 6.07) is 14.1. The molecule has 0 saturated carbocycles. The summed E-state index contributed by atoms with van der Waals surface area (Å²) in [5.74, 6) is -1.30. The Bertz CT molecular complexity index is 833. The lowest BCUT2D eigenvalue weighted by Gasteiger charge is -2.30. The van der Waals surface area contributed by atoms with Gasteiger partial charge in [0.1, 0.15) is 5.56 Å². The number of nitrogens with zero attached hydrogens (tertiary/aromatic N) is 2. The molecule has 1 aliphatic heterocycles. The number of carbonyl (C=O) groups is 2. The van der Waals surface area contributed by atoms with Crippen LogP contribution in [-0.4, -0.2) is 48.0 Å². The SMILES string of the molecule is O=C(OC(C(=O)N1CCOCC1)c1ccccc1)c1ccccc1[N+](=O)[O-]. The van der Waals surface area contributed by atoms with Crippen molar-refractivity contribution < 1.29 is 24.0 Å². The van der Waals surface area contributed by atoms with Gasteiger partial charge >= 0.3 is 5.97 Å². The van der Waals surface area contributed by atoms with Crippen LogP contribution in [0.5, 0.6) is 0 Å². The number of benzene rings is 2. The first kappa shape index (κ1) is 18.5. The summed E-state index contributed by atoms with van der Waals surface area (Å²) < 4.78 is 10.7. The lowest BCUT2D eigenvalue weighted by Crippen LogP contribution is -2.44. The smallest absolute Gasteiger partial charge is 0.346 e. The molecule has 1 unspecified atom stereocenters. The van der Waals surface area contributed by atoms with Crippen LogP contribution in [0, 0.1) is 10.1 Å². The Labute approximate surface area is 155 Å². The van der Waals surface area contributed by atoms with E-state index >= 15 is 0 Å². The number of hydrogen-bond donors (Lipinski definition) is 0. The lowest BCUT2D eigenvalue weighted by atomic mass is 10.1. The predicted octanol–water partition coefficient (Wildman–Crippen LogP) is 2.35. The van der Waals surface area contributed by atoms with E-state index in [-0.39, 0.29) is 17.2 Å². The lowest BCUT2D eigenvalue weighted by molar-refractivity contribution is -0.385. The van der Waals surface area contributed by atoms with Crippen molar-refractivity contribution in [2.75, 3.05) is 26.3 Å². The van der Waals surface area contributed by atoms with Crippen LogP contribution in [0.15, 0.2) is 54.6 Å². The molecule has 2 aromatic rings. The minimum Gasteiger partial charge on any atom is -0.443 e. The topological polar surface area (TPSA) is 99.0 Å². The summed E-state index contributed by atoms with van der Waals surface area (Å²) in [6.45, 7) is 1.60. The summed E-state index contributed by atoms with van der Waals surface area (Å²) in [4.78, 5) is 37.6. The van der Waals surface area contributed by atoms with Gasteiger partial charge in [0.25, 0.3) is 11.6 Å². The Morgan fingerprint density at radius 1 is 1.04 bits per heavy atom. The van der Waals surface area contributed by atoms with Gasteiger partial charge in [-0.3, -0.25) is 14.9 Å². The molecule has 2 aromatic carbocycles. The van der Waals surface area contributed by atoms with Crippen LogP contribution in [-0.2, 0) is 14.3 Å². The monoisotopic (exact) mass is 370 g/mol. The normalized spacial score (nSPS) is 15.0. The van der Waals surface area contributed by atoms with E-state index in [1.807, 2.05) is 0 Å². The standard InChI is InChI=1S/C19H18N2O6/c22-18(20-10-12-26-13-11-20)17(14-6-2-1-3-7-14)27-19(23)15-8-4-5-9-16(15)21(24)25/h1-9,17H,10-13H2. The van der Waals surface area contributed by atoms with E-state index in [0.717, 1.165) is 0 Å². The van der Waals surface area contributed by atoms with Gasteiger partial charge in [-0.05, 0) is 6.07 Å². The summed E-state index contributed by atoms with van der Waals surface area (Å²) in [5.41, 5.74) is -0.0627. The van der Waals surface area contributed by atoms with E-state index in [4.69, 9.17) is 9.47 Å². The van der Waals surface area contributed by atoms with E-state index in [0.29, 0.717) is 31.9 Å². The first-order valence-electron chi connectivity index (χ1n) is 8.44. The van der Waals surface area contributed by atoms with Crippen molar-refractivity contribution in [3.8, 4) is 0 Å². The Kier molecular flexibility index (Phi) is 5.77. The molecule has 1 fully saturated rings. The molecule has 27 heavy (non-hydrogen) atoms. The quantitative estimate of drug-likeness (QED) is 0.455. The Balaban J connectivity index is 1.89. The Morgan fingerprint density at radius 2 is 1.67 bits per heavy atom. The van der Waals surface area contributed by atoms with Crippen molar-refractivity contribution in [1.29, 1.82) is 0 Å². The second-order valence-corrected chi connectivity index (χ2v) is 5.91. The molecule has 0 spiro atoms. The summed E-state index contributed by atoms with van der Waals surface area (Å²) >= 11 is 0. The summed E-state index contributed by atoms with van der Waals surface area (Å²) in [6.07, 6.45) is -1.18. The van der Waals surface area contributed by atoms with Crippen molar-refractivity contribution >= 4 is 17.6 Å². The van der Waals surface area contributed by atoms with Gasteiger partial charge in [0, 0.05) is 24.7 Å². The van der Waals surface area contributed by atoms with Gasteiger partial charge in [-0.1, -0.05) is 42.5 Å². The van der Waals surface area contributed by atoms with Gasteiger partial charge in [-0.2, -0.15) is 0 Å². The molecule has 0 radical (unpaired) electrons. The van der Waals surface area contributed by atoms with Crippen LogP contribution in [0.25, 0.3) is 0 Å². The predicted molar refractivity (Wildman–Crippen MR) is 95.1 cm³/mol. The zero-order valence-electron chi connectivity index (χ0n) is 14.4. The number of nitro groups is 1. The number of esters is 1. The molecule has 1 amide bonds. The first-order chi connectivity index (χ1) is 13.1. The minimum absolute atomic E-state index is 0.196. The van der Waals surface area contributed by atoms with Crippen molar-refractivity contribution in [3.63, 3.8) is 0 Å². The number of carbonyl (C=O) groups excluding carboxylic acids is 2. The van der Waals surface area contributed by atoms with Gasteiger partial charge < -0.3 is 14.4 Å². The maximum absolute atomic E-state index is 12.9. The van der Waals surface area contributed by atoms with E-state index in [9.17, 15) is 19.7 Å². The number of morpholine rings is 1. The first-order valence-corrected chi connectivity index (χ1v) is 8.44. The van der Waals surface area contributed by atoms with Crippen LogP contribution < -0.4 is 0 Å². The van der Waals surface area contributed by atoms with E-state index in [1.54, 1.807) is 35.2 Å². The van der Waals surface area contributed by atoms with Gasteiger partial charge in [0.05, 0.1) is 18.1 Å².